The fourth-order valence-electron chi connectivity index (χ4n) is 5.09. The number of hydrogen-bond donors (Lipinski definition) is 1. The fraction of sp³-hybridized carbons (Fsp3) is 0.480. The number of halogens is 1. The predicted octanol–water partition coefficient (Wildman–Crippen LogP) is 5.13. The highest BCUT2D eigenvalue weighted by molar-refractivity contribution is 9.10. The standard InChI is InChI=1S/C25H29BrN2O5/c26-21-16-27-13-6-20(21)25(33-18-22(29)30)9-7-24(8-10-25)11-14-28(15-12-24)23(31)32-17-19-4-2-1-3-5-19/h1-6,13,16H,7-12,14-15,17-18H2,(H,29,30). The molecule has 0 unspecified atom stereocenters. The number of hydrogen-bond acceptors (Lipinski definition) is 5. The number of likely N-dealkylation sites (tertiary alicyclic amines) is 1. The Bertz CT molecular complexity index is 966. The molecule has 2 fully saturated rings. The average molecular weight is 517 g/mol. The van der Waals surface area contributed by atoms with Crippen molar-refractivity contribution in [1.29, 1.82) is 0 Å². The molecule has 8 heteroatoms. The summed E-state index contributed by atoms with van der Waals surface area (Å²) in [4.78, 5) is 29.7. The molecule has 0 bridgehead atoms. The van der Waals surface area contributed by atoms with Gasteiger partial charge in [0, 0.05) is 35.5 Å². The van der Waals surface area contributed by atoms with Crippen LogP contribution in [0.15, 0.2) is 53.3 Å². The van der Waals surface area contributed by atoms with Crippen LogP contribution < -0.4 is 0 Å². The third kappa shape index (κ3) is 5.55. The first-order valence-corrected chi connectivity index (χ1v) is 12.1. The number of aromatic nitrogens is 1. The zero-order valence-corrected chi connectivity index (χ0v) is 20.1. The van der Waals surface area contributed by atoms with Crippen molar-refractivity contribution in [2.24, 2.45) is 5.41 Å². The van der Waals surface area contributed by atoms with Crippen molar-refractivity contribution < 1.29 is 24.2 Å². The number of ether oxygens (including phenoxy) is 2. The Balaban J connectivity index is 1.36. The van der Waals surface area contributed by atoms with E-state index >= 15 is 0 Å². The van der Waals surface area contributed by atoms with E-state index in [1.54, 1.807) is 17.3 Å². The molecule has 176 valence electrons. The molecule has 1 aromatic heterocycles. The molecule has 2 heterocycles. The second-order valence-corrected chi connectivity index (χ2v) is 9.91. The molecular weight excluding hydrogens is 488 g/mol. The highest BCUT2D eigenvalue weighted by Crippen LogP contribution is 2.53. The number of amides is 1. The fourth-order valence-corrected chi connectivity index (χ4v) is 5.71. The minimum absolute atomic E-state index is 0.145. The number of rotatable bonds is 6. The second kappa shape index (κ2) is 10.2. The molecular formula is C25H29BrN2O5. The summed E-state index contributed by atoms with van der Waals surface area (Å²) in [5.41, 5.74) is 1.44. The van der Waals surface area contributed by atoms with Crippen LogP contribution in [0.1, 0.15) is 49.7 Å². The molecule has 0 radical (unpaired) electrons. The Morgan fingerprint density at radius 1 is 1.03 bits per heavy atom. The number of carbonyl (C=O) groups is 2. The topological polar surface area (TPSA) is 89.0 Å². The normalized spacial score (nSPS) is 19.2. The van der Waals surface area contributed by atoms with E-state index in [1.807, 2.05) is 36.4 Å². The molecule has 1 spiro atoms. The van der Waals surface area contributed by atoms with Crippen molar-refractivity contribution in [3.63, 3.8) is 0 Å². The van der Waals surface area contributed by atoms with Gasteiger partial charge in [-0.25, -0.2) is 9.59 Å². The van der Waals surface area contributed by atoms with E-state index in [9.17, 15) is 14.7 Å². The minimum Gasteiger partial charge on any atom is -0.480 e. The lowest BCUT2D eigenvalue weighted by Crippen LogP contribution is -2.47. The Hall–Kier alpha value is -2.45. The van der Waals surface area contributed by atoms with Crippen LogP contribution in [0.4, 0.5) is 4.79 Å². The third-order valence-electron chi connectivity index (χ3n) is 7.14. The van der Waals surface area contributed by atoms with Gasteiger partial charge in [-0.15, -0.1) is 0 Å². The molecule has 0 atom stereocenters. The lowest BCUT2D eigenvalue weighted by atomic mass is 9.63. The lowest BCUT2D eigenvalue weighted by molar-refractivity contribution is -0.157. The first-order chi connectivity index (χ1) is 15.9. The molecule has 1 saturated heterocycles. The molecule has 4 rings (SSSR count). The Morgan fingerprint density at radius 2 is 1.73 bits per heavy atom. The maximum atomic E-state index is 12.5. The Labute approximate surface area is 202 Å². The van der Waals surface area contributed by atoms with Crippen molar-refractivity contribution >= 4 is 28.0 Å². The summed E-state index contributed by atoms with van der Waals surface area (Å²) in [5.74, 6) is -0.970. The van der Waals surface area contributed by atoms with E-state index in [2.05, 4.69) is 20.9 Å². The summed E-state index contributed by atoms with van der Waals surface area (Å²) in [7, 11) is 0. The predicted molar refractivity (Wildman–Crippen MR) is 126 cm³/mol. The molecule has 33 heavy (non-hydrogen) atoms. The molecule has 1 saturated carbocycles. The van der Waals surface area contributed by atoms with Crippen molar-refractivity contribution in [2.45, 2.75) is 50.7 Å². The minimum atomic E-state index is -0.970. The van der Waals surface area contributed by atoms with E-state index in [-0.39, 0.29) is 24.7 Å². The van der Waals surface area contributed by atoms with Gasteiger partial charge in [0.25, 0.3) is 0 Å². The SMILES string of the molecule is O=C(O)COC1(c2ccncc2Br)CCC2(CCN(C(=O)OCc3ccccc3)CC2)CC1. The van der Waals surface area contributed by atoms with Gasteiger partial charge in [-0.05, 0) is 71.5 Å². The van der Waals surface area contributed by atoms with Gasteiger partial charge in [-0.3, -0.25) is 4.98 Å². The third-order valence-corrected chi connectivity index (χ3v) is 7.77. The molecule has 1 aliphatic heterocycles. The maximum absolute atomic E-state index is 12.5. The summed E-state index contributed by atoms with van der Waals surface area (Å²) < 4.78 is 12.4. The van der Waals surface area contributed by atoms with Gasteiger partial charge in [0.1, 0.15) is 13.2 Å². The second-order valence-electron chi connectivity index (χ2n) is 9.06. The maximum Gasteiger partial charge on any atom is 0.410 e. The van der Waals surface area contributed by atoms with Gasteiger partial charge in [0.15, 0.2) is 0 Å². The molecule has 1 amide bonds. The number of carbonyl (C=O) groups excluding carboxylic acids is 1. The number of piperidine rings is 1. The summed E-state index contributed by atoms with van der Waals surface area (Å²) in [6.07, 6.45) is 8.34. The van der Waals surface area contributed by atoms with E-state index in [1.165, 1.54) is 0 Å². The highest BCUT2D eigenvalue weighted by Gasteiger charge is 2.47. The van der Waals surface area contributed by atoms with Crippen LogP contribution in [0.5, 0.6) is 0 Å². The number of pyridine rings is 1. The van der Waals surface area contributed by atoms with Crippen LogP contribution in [0, 0.1) is 5.41 Å². The van der Waals surface area contributed by atoms with Gasteiger partial charge >= 0.3 is 12.1 Å². The van der Waals surface area contributed by atoms with E-state index in [0.717, 1.165) is 54.1 Å². The van der Waals surface area contributed by atoms with Gasteiger partial charge in [-0.1, -0.05) is 30.3 Å². The van der Waals surface area contributed by atoms with Gasteiger partial charge in [0.05, 0.1) is 5.60 Å². The summed E-state index contributed by atoms with van der Waals surface area (Å²) >= 11 is 3.57. The smallest absolute Gasteiger partial charge is 0.410 e. The van der Waals surface area contributed by atoms with Crippen LogP contribution in [0.25, 0.3) is 0 Å². The zero-order chi connectivity index (χ0) is 23.3. The zero-order valence-electron chi connectivity index (χ0n) is 18.5. The van der Waals surface area contributed by atoms with E-state index in [0.29, 0.717) is 13.1 Å². The largest absolute Gasteiger partial charge is 0.480 e. The van der Waals surface area contributed by atoms with Crippen molar-refractivity contribution in [1.82, 2.24) is 9.88 Å². The van der Waals surface area contributed by atoms with Gasteiger partial charge in [0.2, 0.25) is 0 Å². The van der Waals surface area contributed by atoms with E-state index in [4.69, 9.17) is 9.47 Å². The number of nitrogens with zero attached hydrogens (tertiary/aromatic N) is 2. The average Bonchev–Trinajstić information content (AvgIpc) is 2.84. The number of aliphatic carboxylic acids is 1. The number of benzene rings is 1. The summed E-state index contributed by atoms with van der Waals surface area (Å²) in [5, 5.41) is 9.22. The van der Waals surface area contributed by atoms with Crippen LogP contribution in [0.2, 0.25) is 0 Å². The monoisotopic (exact) mass is 516 g/mol. The van der Waals surface area contributed by atoms with Crippen LogP contribution >= 0.6 is 15.9 Å². The quantitative estimate of drug-likeness (QED) is 0.572. The van der Waals surface area contributed by atoms with Crippen molar-refractivity contribution in [3.8, 4) is 0 Å². The lowest BCUT2D eigenvalue weighted by Gasteiger charge is -2.49. The van der Waals surface area contributed by atoms with Crippen LogP contribution in [-0.4, -0.2) is 46.7 Å². The molecule has 1 N–H and O–H groups in total. The first-order valence-electron chi connectivity index (χ1n) is 11.3. The first kappa shape index (κ1) is 23.7. The Kier molecular flexibility index (Phi) is 7.34. The molecule has 1 aromatic carbocycles. The van der Waals surface area contributed by atoms with Gasteiger partial charge in [-0.2, -0.15) is 0 Å². The number of carboxylic acid groups (broad SMARTS) is 1. The highest BCUT2D eigenvalue weighted by atomic mass is 79.9. The molecule has 2 aromatic rings. The summed E-state index contributed by atoms with van der Waals surface area (Å²) in [6.45, 7) is 1.31. The van der Waals surface area contributed by atoms with Crippen molar-refractivity contribution in [2.75, 3.05) is 19.7 Å². The molecule has 7 nitrogen and oxygen atoms in total. The Morgan fingerprint density at radius 3 is 2.36 bits per heavy atom. The van der Waals surface area contributed by atoms with E-state index < -0.39 is 11.6 Å². The van der Waals surface area contributed by atoms with Crippen LogP contribution in [0.3, 0.4) is 0 Å². The van der Waals surface area contributed by atoms with Crippen molar-refractivity contribution in [3.05, 3.63) is 64.4 Å². The molecule has 1 aliphatic carbocycles. The van der Waals surface area contributed by atoms with Gasteiger partial charge < -0.3 is 19.5 Å². The molecule has 2 aliphatic rings. The number of carboxylic acids is 1. The van der Waals surface area contributed by atoms with Crippen LogP contribution in [-0.2, 0) is 26.5 Å². The summed E-state index contributed by atoms with van der Waals surface area (Å²) in [6, 6.07) is 11.6.